The summed E-state index contributed by atoms with van der Waals surface area (Å²) in [6.45, 7) is 13.3. The highest BCUT2D eigenvalue weighted by atomic mass is 15.2. The topological polar surface area (TPSA) is 15.3 Å². The summed E-state index contributed by atoms with van der Waals surface area (Å²) in [4.78, 5) is 2.79. The van der Waals surface area contributed by atoms with Crippen molar-refractivity contribution in [1.29, 1.82) is 0 Å². The minimum atomic E-state index is 0.382. The maximum atomic E-state index is 3.73. The van der Waals surface area contributed by atoms with Crippen LogP contribution in [0.4, 0.5) is 0 Å². The van der Waals surface area contributed by atoms with Crippen LogP contribution in [0, 0.1) is 23.2 Å². The Labute approximate surface area is 119 Å². The third-order valence-corrected chi connectivity index (χ3v) is 6.24. The van der Waals surface area contributed by atoms with Crippen molar-refractivity contribution in [2.75, 3.05) is 19.6 Å². The molecule has 2 aliphatic carbocycles. The maximum Gasteiger partial charge on any atom is 0.0244 e. The molecule has 0 aromatic rings. The minimum absolute atomic E-state index is 0.382. The SMILES string of the molecule is CC(C1CC2CCC1C2)N1CCNC(C(C)(C)C)C1. The first-order chi connectivity index (χ1) is 8.95. The van der Waals surface area contributed by atoms with E-state index >= 15 is 0 Å². The van der Waals surface area contributed by atoms with E-state index in [2.05, 4.69) is 37.9 Å². The van der Waals surface area contributed by atoms with Gasteiger partial charge in [-0.1, -0.05) is 27.2 Å². The Bertz CT molecular complexity index is 320. The molecule has 5 unspecified atom stereocenters. The van der Waals surface area contributed by atoms with Crippen molar-refractivity contribution in [2.45, 2.75) is 65.5 Å². The lowest BCUT2D eigenvalue weighted by Crippen LogP contribution is -2.59. The number of hydrogen-bond donors (Lipinski definition) is 1. The molecule has 0 spiro atoms. The molecule has 2 bridgehead atoms. The van der Waals surface area contributed by atoms with Crippen LogP contribution in [0.1, 0.15) is 53.4 Å². The summed E-state index contributed by atoms with van der Waals surface area (Å²) < 4.78 is 0. The van der Waals surface area contributed by atoms with Crippen molar-refractivity contribution in [1.82, 2.24) is 10.2 Å². The molecule has 3 aliphatic rings. The van der Waals surface area contributed by atoms with Gasteiger partial charge in [0.1, 0.15) is 0 Å². The first-order valence-corrected chi connectivity index (χ1v) is 8.42. The normalized spacial score (nSPS) is 41.7. The van der Waals surface area contributed by atoms with E-state index in [1.54, 1.807) is 6.42 Å². The summed E-state index contributed by atoms with van der Waals surface area (Å²) in [7, 11) is 0. The lowest BCUT2D eigenvalue weighted by atomic mass is 9.81. The average molecular weight is 264 g/mol. The van der Waals surface area contributed by atoms with Gasteiger partial charge in [-0.05, 0) is 49.4 Å². The zero-order chi connectivity index (χ0) is 13.6. The Hall–Kier alpha value is -0.0800. The van der Waals surface area contributed by atoms with Gasteiger partial charge in [0.15, 0.2) is 0 Å². The Morgan fingerprint density at radius 2 is 1.95 bits per heavy atom. The van der Waals surface area contributed by atoms with Crippen LogP contribution in [-0.4, -0.2) is 36.6 Å². The molecule has 0 radical (unpaired) electrons. The van der Waals surface area contributed by atoms with Crippen LogP contribution in [-0.2, 0) is 0 Å². The van der Waals surface area contributed by atoms with E-state index in [1.807, 2.05) is 0 Å². The van der Waals surface area contributed by atoms with Crippen molar-refractivity contribution < 1.29 is 0 Å². The predicted octanol–water partition coefficient (Wildman–Crippen LogP) is 3.13. The van der Waals surface area contributed by atoms with Gasteiger partial charge in [-0.2, -0.15) is 0 Å². The third kappa shape index (κ3) is 2.71. The molecule has 2 nitrogen and oxygen atoms in total. The molecule has 1 N–H and O–H groups in total. The second-order valence-electron chi connectivity index (χ2n) is 8.45. The maximum absolute atomic E-state index is 3.73. The molecule has 0 amide bonds. The molecule has 2 heteroatoms. The van der Waals surface area contributed by atoms with E-state index in [4.69, 9.17) is 0 Å². The highest BCUT2D eigenvalue weighted by Crippen LogP contribution is 2.50. The summed E-state index contributed by atoms with van der Waals surface area (Å²) in [5, 5.41) is 3.73. The largest absolute Gasteiger partial charge is 0.311 e. The Balaban J connectivity index is 1.62. The fourth-order valence-corrected chi connectivity index (χ4v) is 4.88. The second-order valence-corrected chi connectivity index (χ2v) is 8.45. The van der Waals surface area contributed by atoms with Crippen LogP contribution in [0.2, 0.25) is 0 Å². The smallest absolute Gasteiger partial charge is 0.0244 e. The molecule has 1 aliphatic heterocycles. The van der Waals surface area contributed by atoms with Gasteiger partial charge < -0.3 is 5.32 Å². The number of nitrogens with zero attached hydrogens (tertiary/aromatic N) is 1. The van der Waals surface area contributed by atoms with Gasteiger partial charge in [0, 0.05) is 31.7 Å². The predicted molar refractivity (Wildman–Crippen MR) is 81.2 cm³/mol. The third-order valence-electron chi connectivity index (χ3n) is 6.24. The van der Waals surface area contributed by atoms with Crippen LogP contribution < -0.4 is 5.32 Å². The molecule has 19 heavy (non-hydrogen) atoms. The van der Waals surface area contributed by atoms with Crippen LogP contribution >= 0.6 is 0 Å². The fraction of sp³-hybridized carbons (Fsp3) is 1.00. The van der Waals surface area contributed by atoms with Crippen molar-refractivity contribution in [3.63, 3.8) is 0 Å². The molecule has 3 rings (SSSR count). The molecule has 0 aromatic heterocycles. The Morgan fingerprint density at radius 3 is 2.53 bits per heavy atom. The Morgan fingerprint density at radius 1 is 1.16 bits per heavy atom. The molecule has 1 saturated heterocycles. The second kappa shape index (κ2) is 5.04. The summed E-state index contributed by atoms with van der Waals surface area (Å²) in [6.07, 6.45) is 6.12. The average Bonchev–Trinajstić information content (AvgIpc) is 2.99. The van der Waals surface area contributed by atoms with Gasteiger partial charge >= 0.3 is 0 Å². The molecular formula is C17H32N2. The van der Waals surface area contributed by atoms with Crippen molar-refractivity contribution in [3.05, 3.63) is 0 Å². The molecule has 2 saturated carbocycles. The first kappa shape index (κ1) is 13.9. The number of piperazine rings is 1. The van der Waals surface area contributed by atoms with E-state index in [-0.39, 0.29) is 0 Å². The van der Waals surface area contributed by atoms with Crippen molar-refractivity contribution >= 4 is 0 Å². The van der Waals surface area contributed by atoms with Crippen molar-refractivity contribution in [3.8, 4) is 0 Å². The van der Waals surface area contributed by atoms with Crippen molar-refractivity contribution in [2.24, 2.45) is 23.2 Å². The van der Waals surface area contributed by atoms with E-state index in [0.717, 1.165) is 23.8 Å². The standard InChI is InChI=1S/C17H32N2/c1-12(15-10-13-5-6-14(15)9-13)19-8-7-18-16(11-19)17(2,3)4/h12-16,18H,5-11H2,1-4H3. The van der Waals surface area contributed by atoms with Gasteiger partial charge in [0.25, 0.3) is 0 Å². The van der Waals surface area contributed by atoms with E-state index in [0.29, 0.717) is 11.5 Å². The van der Waals surface area contributed by atoms with Gasteiger partial charge in [0.2, 0.25) is 0 Å². The van der Waals surface area contributed by atoms with Gasteiger partial charge in [-0.3, -0.25) is 4.90 Å². The summed E-state index contributed by atoms with van der Waals surface area (Å²) in [6, 6.07) is 1.46. The molecule has 0 aromatic carbocycles. The van der Waals surface area contributed by atoms with Gasteiger partial charge in [-0.15, -0.1) is 0 Å². The number of hydrogen-bond acceptors (Lipinski definition) is 2. The first-order valence-electron chi connectivity index (χ1n) is 8.42. The molecular weight excluding hydrogens is 232 g/mol. The quantitative estimate of drug-likeness (QED) is 0.824. The zero-order valence-corrected chi connectivity index (χ0v) is 13.3. The van der Waals surface area contributed by atoms with Crippen LogP contribution in [0.25, 0.3) is 0 Å². The molecule has 1 heterocycles. The fourth-order valence-electron chi connectivity index (χ4n) is 4.88. The monoisotopic (exact) mass is 264 g/mol. The zero-order valence-electron chi connectivity index (χ0n) is 13.3. The molecule has 3 fully saturated rings. The van der Waals surface area contributed by atoms with Gasteiger partial charge in [0.05, 0.1) is 0 Å². The van der Waals surface area contributed by atoms with Crippen LogP contribution in [0.3, 0.4) is 0 Å². The van der Waals surface area contributed by atoms with E-state index in [9.17, 15) is 0 Å². The number of nitrogens with one attached hydrogen (secondary N) is 1. The Kier molecular flexibility index (Phi) is 3.68. The highest BCUT2D eigenvalue weighted by molar-refractivity contribution is 4.97. The highest BCUT2D eigenvalue weighted by Gasteiger charge is 2.44. The molecule has 5 atom stereocenters. The van der Waals surface area contributed by atoms with E-state index in [1.165, 1.54) is 38.9 Å². The molecule has 110 valence electrons. The minimum Gasteiger partial charge on any atom is -0.311 e. The summed E-state index contributed by atoms with van der Waals surface area (Å²) >= 11 is 0. The number of rotatable bonds is 2. The van der Waals surface area contributed by atoms with Crippen LogP contribution in [0.5, 0.6) is 0 Å². The van der Waals surface area contributed by atoms with Gasteiger partial charge in [-0.25, -0.2) is 0 Å². The number of fused-ring (bicyclic) bond motifs is 2. The summed E-state index contributed by atoms with van der Waals surface area (Å²) in [5.41, 5.74) is 0.382. The lowest BCUT2D eigenvalue weighted by molar-refractivity contribution is 0.0627. The lowest BCUT2D eigenvalue weighted by Gasteiger charge is -2.45. The van der Waals surface area contributed by atoms with Crippen LogP contribution in [0.15, 0.2) is 0 Å². The summed E-state index contributed by atoms with van der Waals surface area (Å²) in [5.74, 6) is 3.14. The van der Waals surface area contributed by atoms with E-state index < -0.39 is 0 Å².